The Bertz CT molecular complexity index is 508. The van der Waals surface area contributed by atoms with Crippen LogP contribution in [0.1, 0.15) is 31.7 Å². The van der Waals surface area contributed by atoms with E-state index in [9.17, 15) is 14.9 Å². The van der Waals surface area contributed by atoms with E-state index in [1.807, 2.05) is 13.0 Å². The number of nitro benzene ring substituents is 1. The van der Waals surface area contributed by atoms with E-state index < -0.39 is 10.9 Å². The maximum Gasteiger partial charge on any atom is 0.303 e. The Hall–Kier alpha value is -1.47. The first kappa shape index (κ1) is 17.6. The summed E-state index contributed by atoms with van der Waals surface area (Å²) < 4.78 is 0.501. The summed E-state index contributed by atoms with van der Waals surface area (Å²) in [5, 5.41) is 22.7. The van der Waals surface area contributed by atoms with Crippen LogP contribution in [0.2, 0.25) is 0 Å². The third-order valence-electron chi connectivity index (χ3n) is 3.24. The van der Waals surface area contributed by atoms with Crippen LogP contribution >= 0.6 is 15.9 Å². The number of carbonyl (C=O) groups is 1. The highest BCUT2D eigenvalue weighted by molar-refractivity contribution is 9.10. The van der Waals surface area contributed by atoms with Crippen LogP contribution in [0.25, 0.3) is 0 Å². The number of hydrogen-bond donors (Lipinski definition) is 2. The van der Waals surface area contributed by atoms with E-state index in [1.165, 1.54) is 6.07 Å². The Kier molecular flexibility index (Phi) is 7.31. The van der Waals surface area contributed by atoms with Gasteiger partial charge in [0, 0.05) is 19.0 Å². The van der Waals surface area contributed by atoms with Crippen LogP contribution in [-0.2, 0) is 11.3 Å². The molecule has 0 saturated carbocycles. The lowest BCUT2D eigenvalue weighted by Crippen LogP contribution is -2.17. The zero-order chi connectivity index (χ0) is 15.8. The molecule has 0 aliphatic carbocycles. The van der Waals surface area contributed by atoms with Gasteiger partial charge in [-0.3, -0.25) is 14.9 Å². The van der Waals surface area contributed by atoms with Crippen LogP contribution in [0.15, 0.2) is 22.7 Å². The van der Waals surface area contributed by atoms with Gasteiger partial charge in [-0.25, -0.2) is 0 Å². The maximum atomic E-state index is 10.8. The first-order chi connectivity index (χ1) is 9.91. The number of nitrogens with zero attached hydrogens (tertiary/aromatic N) is 1. The Morgan fingerprint density at radius 3 is 2.81 bits per heavy atom. The van der Waals surface area contributed by atoms with Crippen molar-refractivity contribution in [1.82, 2.24) is 5.32 Å². The van der Waals surface area contributed by atoms with Crippen molar-refractivity contribution in [3.05, 3.63) is 38.3 Å². The van der Waals surface area contributed by atoms with Crippen molar-refractivity contribution < 1.29 is 14.8 Å². The number of benzene rings is 1. The van der Waals surface area contributed by atoms with Crippen molar-refractivity contribution >= 4 is 27.6 Å². The minimum absolute atomic E-state index is 0.0594. The quantitative estimate of drug-likeness (QED) is 0.401. The van der Waals surface area contributed by atoms with Gasteiger partial charge in [-0.1, -0.05) is 19.1 Å². The van der Waals surface area contributed by atoms with Crippen molar-refractivity contribution in [2.75, 3.05) is 6.54 Å². The summed E-state index contributed by atoms with van der Waals surface area (Å²) in [5.41, 5.74) is 0.895. The minimum atomic E-state index is -0.768. The average Bonchev–Trinajstić information content (AvgIpc) is 2.42. The second kappa shape index (κ2) is 8.74. The van der Waals surface area contributed by atoms with Gasteiger partial charge in [-0.05, 0) is 46.8 Å². The fraction of sp³-hybridized carbons (Fsp3) is 0.500. The Morgan fingerprint density at radius 2 is 2.19 bits per heavy atom. The van der Waals surface area contributed by atoms with Crippen LogP contribution in [-0.4, -0.2) is 22.5 Å². The van der Waals surface area contributed by atoms with E-state index in [4.69, 9.17) is 5.11 Å². The first-order valence-electron chi connectivity index (χ1n) is 6.76. The van der Waals surface area contributed by atoms with E-state index in [0.29, 0.717) is 23.4 Å². The lowest BCUT2D eigenvalue weighted by molar-refractivity contribution is -0.385. The molecule has 1 aromatic carbocycles. The highest BCUT2D eigenvalue weighted by Crippen LogP contribution is 2.28. The number of nitrogens with one attached hydrogen (secondary N) is 1. The summed E-state index contributed by atoms with van der Waals surface area (Å²) in [6, 6.07) is 4.95. The Balaban J connectivity index is 2.38. The molecule has 0 radical (unpaired) electrons. The lowest BCUT2D eigenvalue weighted by atomic mass is 10.0. The van der Waals surface area contributed by atoms with Crippen molar-refractivity contribution in [2.24, 2.45) is 5.92 Å². The first-order valence-corrected chi connectivity index (χ1v) is 7.55. The largest absolute Gasteiger partial charge is 0.481 e. The van der Waals surface area contributed by atoms with Gasteiger partial charge in [0.15, 0.2) is 0 Å². The molecule has 1 aromatic rings. The SMILES string of the molecule is CC(CCNCc1cccc([N+](=O)[O-])c1Br)CCC(=O)O. The van der Waals surface area contributed by atoms with Crippen LogP contribution in [0.5, 0.6) is 0 Å². The molecule has 0 aliphatic heterocycles. The number of halogens is 1. The topological polar surface area (TPSA) is 92.5 Å². The molecule has 116 valence electrons. The van der Waals surface area contributed by atoms with Gasteiger partial charge < -0.3 is 10.4 Å². The normalized spacial score (nSPS) is 12.1. The summed E-state index contributed by atoms with van der Waals surface area (Å²) in [5.74, 6) is -0.433. The molecule has 0 fully saturated rings. The van der Waals surface area contributed by atoms with Gasteiger partial charge >= 0.3 is 5.97 Å². The number of carboxylic acids is 1. The molecule has 0 amide bonds. The molecular weight excluding hydrogens is 340 g/mol. The second-order valence-electron chi connectivity index (χ2n) is 5.01. The van der Waals surface area contributed by atoms with Gasteiger partial charge in [0.05, 0.1) is 9.40 Å². The van der Waals surface area contributed by atoms with Crippen molar-refractivity contribution in [3.63, 3.8) is 0 Å². The van der Waals surface area contributed by atoms with Gasteiger partial charge in [0.1, 0.15) is 0 Å². The molecule has 1 unspecified atom stereocenters. The maximum absolute atomic E-state index is 10.8. The number of aliphatic carboxylic acids is 1. The van der Waals surface area contributed by atoms with Gasteiger partial charge in [0.2, 0.25) is 0 Å². The molecular formula is C14H19BrN2O4. The van der Waals surface area contributed by atoms with Crippen LogP contribution in [0.3, 0.4) is 0 Å². The fourth-order valence-corrected chi connectivity index (χ4v) is 2.48. The van der Waals surface area contributed by atoms with Crippen LogP contribution in [0, 0.1) is 16.0 Å². The molecule has 0 aromatic heterocycles. The number of hydrogen-bond acceptors (Lipinski definition) is 4. The summed E-state index contributed by atoms with van der Waals surface area (Å²) >= 11 is 3.26. The Morgan fingerprint density at radius 1 is 1.48 bits per heavy atom. The summed E-state index contributed by atoms with van der Waals surface area (Å²) in [6.45, 7) is 3.30. The molecule has 7 heteroatoms. The number of nitro groups is 1. The third-order valence-corrected chi connectivity index (χ3v) is 4.15. The predicted molar refractivity (Wildman–Crippen MR) is 83.2 cm³/mol. The summed E-state index contributed by atoms with van der Waals surface area (Å²) in [4.78, 5) is 20.9. The third kappa shape index (κ3) is 6.22. The van der Waals surface area contributed by atoms with Crippen molar-refractivity contribution in [3.8, 4) is 0 Å². The zero-order valence-electron chi connectivity index (χ0n) is 11.8. The lowest BCUT2D eigenvalue weighted by Gasteiger charge is -2.11. The second-order valence-corrected chi connectivity index (χ2v) is 5.80. The average molecular weight is 359 g/mol. The van der Waals surface area contributed by atoms with Gasteiger partial charge in [0.25, 0.3) is 5.69 Å². The fourth-order valence-electron chi connectivity index (χ4n) is 1.93. The summed E-state index contributed by atoms with van der Waals surface area (Å²) in [6.07, 6.45) is 1.73. The summed E-state index contributed by atoms with van der Waals surface area (Å²) in [7, 11) is 0. The van der Waals surface area contributed by atoms with Gasteiger partial charge in [-0.15, -0.1) is 0 Å². The van der Waals surface area contributed by atoms with E-state index >= 15 is 0 Å². The minimum Gasteiger partial charge on any atom is -0.481 e. The van der Waals surface area contributed by atoms with Crippen LogP contribution < -0.4 is 5.32 Å². The van der Waals surface area contributed by atoms with E-state index in [0.717, 1.165) is 18.5 Å². The molecule has 0 heterocycles. The van der Waals surface area contributed by atoms with Crippen molar-refractivity contribution in [1.29, 1.82) is 0 Å². The monoisotopic (exact) mass is 358 g/mol. The molecule has 0 bridgehead atoms. The molecule has 21 heavy (non-hydrogen) atoms. The molecule has 6 nitrogen and oxygen atoms in total. The van der Waals surface area contributed by atoms with Crippen LogP contribution in [0.4, 0.5) is 5.69 Å². The Labute approximate surface area is 131 Å². The van der Waals surface area contributed by atoms with E-state index in [-0.39, 0.29) is 12.1 Å². The molecule has 0 spiro atoms. The molecule has 1 atom stereocenters. The molecule has 2 N–H and O–H groups in total. The van der Waals surface area contributed by atoms with E-state index in [1.54, 1.807) is 6.07 Å². The predicted octanol–water partition coefficient (Wildman–Crippen LogP) is 3.34. The highest BCUT2D eigenvalue weighted by atomic mass is 79.9. The molecule has 0 saturated heterocycles. The number of carboxylic acid groups (broad SMARTS) is 1. The zero-order valence-corrected chi connectivity index (χ0v) is 13.4. The standard InChI is InChI=1S/C14H19BrN2O4/c1-10(5-6-13(18)19)7-8-16-9-11-3-2-4-12(14(11)15)17(20)21/h2-4,10,16H,5-9H2,1H3,(H,18,19). The van der Waals surface area contributed by atoms with Crippen molar-refractivity contribution in [2.45, 2.75) is 32.7 Å². The molecule has 1 rings (SSSR count). The van der Waals surface area contributed by atoms with E-state index in [2.05, 4.69) is 21.2 Å². The highest BCUT2D eigenvalue weighted by Gasteiger charge is 2.14. The molecule has 0 aliphatic rings. The van der Waals surface area contributed by atoms with Gasteiger partial charge in [-0.2, -0.15) is 0 Å². The number of rotatable bonds is 9. The smallest absolute Gasteiger partial charge is 0.303 e.